The van der Waals surface area contributed by atoms with Crippen molar-refractivity contribution in [3.8, 4) is 11.5 Å². The van der Waals surface area contributed by atoms with Crippen molar-refractivity contribution in [2.45, 2.75) is 6.42 Å². The van der Waals surface area contributed by atoms with Crippen molar-refractivity contribution in [3.05, 3.63) is 34.1 Å². The van der Waals surface area contributed by atoms with Crippen LogP contribution >= 0.6 is 27.5 Å². The van der Waals surface area contributed by atoms with Crippen LogP contribution in [0.4, 0.5) is 8.78 Å². The number of nitrogens with zero attached hydrogens (tertiary/aromatic N) is 2. The molecule has 0 saturated heterocycles. The van der Waals surface area contributed by atoms with Gasteiger partial charge in [0.05, 0.1) is 0 Å². The lowest BCUT2D eigenvalue weighted by atomic mass is 10.2. The van der Waals surface area contributed by atoms with Gasteiger partial charge in [-0.3, -0.25) is 0 Å². The van der Waals surface area contributed by atoms with E-state index in [4.69, 9.17) is 16.0 Å². The van der Waals surface area contributed by atoms with Crippen LogP contribution in [-0.2, 0) is 6.42 Å². The molecule has 0 saturated carbocycles. The summed E-state index contributed by atoms with van der Waals surface area (Å²) in [5, 5.41) is 7.23. The predicted molar refractivity (Wildman–Crippen MR) is 61.8 cm³/mol. The highest BCUT2D eigenvalue weighted by Gasteiger charge is 2.18. The molecule has 1 heterocycles. The number of benzene rings is 1. The molecule has 3 nitrogen and oxygen atoms in total. The van der Waals surface area contributed by atoms with Crippen molar-refractivity contribution >= 4 is 27.5 Å². The largest absolute Gasteiger partial charge is 0.420 e. The molecule has 17 heavy (non-hydrogen) atoms. The van der Waals surface area contributed by atoms with Crippen molar-refractivity contribution in [1.29, 1.82) is 0 Å². The lowest BCUT2D eigenvalue weighted by molar-refractivity contribution is 0.501. The molecule has 7 heteroatoms. The Morgan fingerprint density at radius 1 is 1.24 bits per heavy atom. The zero-order chi connectivity index (χ0) is 12.4. The van der Waals surface area contributed by atoms with Crippen LogP contribution in [0.15, 0.2) is 21.0 Å². The summed E-state index contributed by atoms with van der Waals surface area (Å²) in [6.45, 7) is 0. The SMILES string of the molecule is Fc1cc(Br)cc(F)c1-c1nnc(CCCl)o1. The van der Waals surface area contributed by atoms with Crippen LogP contribution in [0.3, 0.4) is 0 Å². The molecule has 0 unspecified atom stereocenters. The molecule has 1 aromatic heterocycles. The Kier molecular flexibility index (Phi) is 3.73. The Balaban J connectivity index is 2.45. The van der Waals surface area contributed by atoms with Crippen molar-refractivity contribution < 1.29 is 13.2 Å². The third kappa shape index (κ3) is 2.63. The zero-order valence-corrected chi connectivity index (χ0v) is 10.7. The number of hydrogen-bond acceptors (Lipinski definition) is 3. The summed E-state index contributed by atoms with van der Waals surface area (Å²) in [5.74, 6) is -1.17. The molecule has 0 bridgehead atoms. The Morgan fingerprint density at radius 2 is 1.88 bits per heavy atom. The van der Waals surface area contributed by atoms with E-state index in [1.807, 2.05) is 0 Å². The highest BCUT2D eigenvalue weighted by atomic mass is 79.9. The highest BCUT2D eigenvalue weighted by molar-refractivity contribution is 9.10. The van der Waals surface area contributed by atoms with E-state index in [9.17, 15) is 8.78 Å². The van der Waals surface area contributed by atoms with Gasteiger partial charge in [0.1, 0.15) is 17.2 Å². The molecular weight excluding hydrogens is 317 g/mol. The van der Waals surface area contributed by atoms with Gasteiger partial charge in [0, 0.05) is 16.8 Å². The van der Waals surface area contributed by atoms with Gasteiger partial charge >= 0.3 is 0 Å². The van der Waals surface area contributed by atoms with E-state index in [-0.39, 0.29) is 17.3 Å². The average Bonchev–Trinajstić information content (AvgIpc) is 2.65. The summed E-state index contributed by atoms with van der Waals surface area (Å²) >= 11 is 8.48. The maximum absolute atomic E-state index is 13.6. The van der Waals surface area contributed by atoms with Gasteiger partial charge in [-0.25, -0.2) is 8.78 Å². The number of halogens is 4. The molecule has 2 rings (SSSR count). The number of alkyl halides is 1. The van der Waals surface area contributed by atoms with E-state index in [1.54, 1.807) is 0 Å². The zero-order valence-electron chi connectivity index (χ0n) is 8.38. The summed E-state index contributed by atoms with van der Waals surface area (Å²) in [6.07, 6.45) is 0.355. The second kappa shape index (κ2) is 5.10. The summed E-state index contributed by atoms with van der Waals surface area (Å²) < 4.78 is 32.5. The molecule has 0 amide bonds. The minimum Gasteiger partial charge on any atom is -0.420 e. The molecule has 0 radical (unpaired) electrons. The van der Waals surface area contributed by atoms with Gasteiger partial charge in [-0.05, 0) is 12.1 Å². The standard InChI is InChI=1S/C10H6BrClF2N2O/c11-5-3-6(13)9(7(14)4-5)10-16-15-8(17-10)1-2-12/h3-4H,1-2H2. The monoisotopic (exact) mass is 322 g/mol. The van der Waals surface area contributed by atoms with Crippen LogP contribution in [0.1, 0.15) is 5.89 Å². The lowest BCUT2D eigenvalue weighted by Gasteiger charge is -2.00. The van der Waals surface area contributed by atoms with Gasteiger partial charge in [-0.2, -0.15) is 0 Å². The van der Waals surface area contributed by atoms with E-state index >= 15 is 0 Å². The van der Waals surface area contributed by atoms with Gasteiger partial charge in [-0.15, -0.1) is 21.8 Å². The summed E-state index contributed by atoms with van der Waals surface area (Å²) in [6, 6.07) is 2.26. The molecular formula is C10H6BrClF2N2O. The lowest BCUT2D eigenvalue weighted by Crippen LogP contribution is -1.90. The molecule has 1 aromatic carbocycles. The fraction of sp³-hybridized carbons (Fsp3) is 0.200. The van der Waals surface area contributed by atoms with Crippen molar-refractivity contribution in [2.24, 2.45) is 0 Å². The quantitative estimate of drug-likeness (QED) is 0.811. The smallest absolute Gasteiger partial charge is 0.253 e. The molecule has 0 fully saturated rings. The number of aryl methyl sites for hydroxylation is 1. The van der Waals surface area contributed by atoms with Crippen LogP contribution in [0, 0.1) is 11.6 Å². The van der Waals surface area contributed by atoms with Crippen molar-refractivity contribution in [3.63, 3.8) is 0 Å². The molecule has 0 aliphatic carbocycles. The molecule has 2 aromatic rings. The molecule has 0 N–H and O–H groups in total. The van der Waals surface area contributed by atoms with Gasteiger partial charge in [0.25, 0.3) is 5.89 Å². The van der Waals surface area contributed by atoms with E-state index in [0.717, 1.165) is 12.1 Å². The maximum atomic E-state index is 13.6. The normalized spacial score (nSPS) is 10.8. The molecule has 0 aliphatic heterocycles. The van der Waals surface area contributed by atoms with Crippen molar-refractivity contribution in [2.75, 3.05) is 5.88 Å². The third-order valence-electron chi connectivity index (χ3n) is 2.00. The summed E-state index contributed by atoms with van der Waals surface area (Å²) in [7, 11) is 0. The third-order valence-corrected chi connectivity index (χ3v) is 2.64. The number of hydrogen-bond donors (Lipinski definition) is 0. The van der Waals surface area contributed by atoms with Gasteiger partial charge < -0.3 is 4.42 Å². The first-order chi connectivity index (χ1) is 8.11. The predicted octanol–water partition coefficient (Wildman–Crippen LogP) is 3.56. The van der Waals surface area contributed by atoms with Crippen LogP contribution in [0.2, 0.25) is 0 Å². The summed E-state index contributed by atoms with van der Waals surface area (Å²) in [4.78, 5) is 0. The minimum absolute atomic E-state index is 0.187. The van der Waals surface area contributed by atoms with Gasteiger partial charge in [-0.1, -0.05) is 15.9 Å². The maximum Gasteiger partial charge on any atom is 0.253 e. The van der Waals surface area contributed by atoms with Crippen LogP contribution in [-0.4, -0.2) is 16.1 Å². The molecule has 0 aliphatic rings. The van der Waals surface area contributed by atoms with Crippen LogP contribution in [0.5, 0.6) is 0 Å². The fourth-order valence-electron chi connectivity index (χ4n) is 1.28. The van der Waals surface area contributed by atoms with Gasteiger partial charge in [0.2, 0.25) is 5.89 Å². The van der Waals surface area contributed by atoms with Crippen molar-refractivity contribution in [1.82, 2.24) is 10.2 Å². The first-order valence-electron chi connectivity index (χ1n) is 4.65. The average molecular weight is 324 g/mol. The number of rotatable bonds is 3. The van der Waals surface area contributed by atoms with E-state index < -0.39 is 11.6 Å². The minimum atomic E-state index is -0.766. The van der Waals surface area contributed by atoms with E-state index in [1.165, 1.54) is 0 Å². The van der Waals surface area contributed by atoms with E-state index in [0.29, 0.717) is 16.8 Å². The second-order valence-corrected chi connectivity index (χ2v) is 4.48. The summed E-state index contributed by atoms with van der Waals surface area (Å²) in [5.41, 5.74) is -0.332. The Morgan fingerprint density at radius 3 is 2.47 bits per heavy atom. The van der Waals surface area contributed by atoms with Crippen LogP contribution < -0.4 is 0 Å². The first-order valence-corrected chi connectivity index (χ1v) is 5.98. The molecule has 0 spiro atoms. The first kappa shape index (κ1) is 12.4. The highest BCUT2D eigenvalue weighted by Crippen LogP contribution is 2.28. The van der Waals surface area contributed by atoms with Crippen LogP contribution in [0.25, 0.3) is 11.5 Å². The Labute approximate surface area is 109 Å². The van der Waals surface area contributed by atoms with Gasteiger partial charge in [0.15, 0.2) is 0 Å². The fourth-order valence-corrected chi connectivity index (χ4v) is 1.85. The Bertz CT molecular complexity index is 524. The van der Waals surface area contributed by atoms with E-state index in [2.05, 4.69) is 26.1 Å². The molecule has 90 valence electrons. The second-order valence-electron chi connectivity index (χ2n) is 3.18. The topological polar surface area (TPSA) is 38.9 Å². The number of aromatic nitrogens is 2. The Hall–Kier alpha value is -1.01. The molecule has 0 atom stereocenters.